The van der Waals surface area contributed by atoms with Crippen molar-refractivity contribution in [1.29, 1.82) is 0 Å². The first-order chi connectivity index (χ1) is 12.8. The third-order valence-electron chi connectivity index (χ3n) is 3.72. The van der Waals surface area contributed by atoms with Crippen LogP contribution < -0.4 is 4.90 Å². The Kier molecular flexibility index (Phi) is 4.98. The fourth-order valence-corrected chi connectivity index (χ4v) is 3.70. The number of thioether (sulfide) groups is 1. The van der Waals surface area contributed by atoms with Gasteiger partial charge in [0.1, 0.15) is 11.3 Å². The van der Waals surface area contributed by atoms with Crippen LogP contribution in [0, 0.1) is 0 Å². The fraction of sp³-hybridized carbons (Fsp3) is 0. The fourth-order valence-electron chi connectivity index (χ4n) is 2.40. The van der Waals surface area contributed by atoms with Crippen LogP contribution in [0.5, 0.6) is 5.75 Å². The molecular weight excluding hydrogens is 390 g/mol. The zero-order valence-corrected chi connectivity index (χ0v) is 15.1. The third-order valence-corrected chi connectivity index (χ3v) is 5.02. The van der Waals surface area contributed by atoms with Gasteiger partial charge in [0.05, 0.1) is 16.2 Å². The van der Waals surface area contributed by atoms with Crippen LogP contribution in [0.25, 0.3) is 6.08 Å². The second-order valence-corrected chi connectivity index (χ2v) is 7.13. The molecule has 27 heavy (non-hydrogen) atoms. The summed E-state index contributed by atoms with van der Waals surface area (Å²) in [4.78, 5) is 36.3. The van der Waals surface area contributed by atoms with E-state index in [0.29, 0.717) is 10.5 Å². The molecule has 0 atom stereocenters. The lowest BCUT2D eigenvalue weighted by Crippen LogP contribution is -2.27. The highest BCUT2D eigenvalue weighted by atomic mass is 32.2. The predicted octanol–water partition coefficient (Wildman–Crippen LogP) is 3.19. The molecular formula is C18H11NO6S2. The number of phenols is 1. The molecule has 136 valence electrons. The largest absolute Gasteiger partial charge is 0.507 e. The van der Waals surface area contributed by atoms with Crippen molar-refractivity contribution in [3.8, 4) is 5.75 Å². The highest BCUT2D eigenvalue weighted by Gasteiger charge is 2.34. The highest BCUT2D eigenvalue weighted by Crippen LogP contribution is 2.37. The SMILES string of the molecule is O=C(O)c1ccc(/C=C2\SC(=S)N(c3ccc(O)c(C(=O)O)c3)C2=O)cc1. The lowest BCUT2D eigenvalue weighted by molar-refractivity contribution is -0.113. The predicted molar refractivity (Wildman–Crippen MR) is 104 cm³/mol. The maximum Gasteiger partial charge on any atom is 0.339 e. The Labute approximate surface area is 162 Å². The summed E-state index contributed by atoms with van der Waals surface area (Å²) in [7, 11) is 0. The molecule has 7 nitrogen and oxygen atoms in total. The smallest absolute Gasteiger partial charge is 0.339 e. The molecule has 0 unspecified atom stereocenters. The van der Waals surface area contributed by atoms with E-state index in [1.165, 1.54) is 35.2 Å². The summed E-state index contributed by atoms with van der Waals surface area (Å²) in [6, 6.07) is 9.75. The van der Waals surface area contributed by atoms with Gasteiger partial charge < -0.3 is 15.3 Å². The molecule has 1 heterocycles. The summed E-state index contributed by atoms with van der Waals surface area (Å²) in [6.07, 6.45) is 1.57. The van der Waals surface area contributed by atoms with Crippen LogP contribution in [-0.2, 0) is 4.79 Å². The van der Waals surface area contributed by atoms with Gasteiger partial charge in [0.25, 0.3) is 5.91 Å². The van der Waals surface area contributed by atoms with Crippen molar-refractivity contribution in [2.24, 2.45) is 0 Å². The summed E-state index contributed by atoms with van der Waals surface area (Å²) in [5, 5.41) is 27.7. The number of anilines is 1. The van der Waals surface area contributed by atoms with Gasteiger partial charge in [-0.1, -0.05) is 36.1 Å². The average molecular weight is 401 g/mol. The van der Waals surface area contributed by atoms with Gasteiger partial charge in [0, 0.05) is 0 Å². The second kappa shape index (κ2) is 7.22. The zero-order valence-electron chi connectivity index (χ0n) is 13.4. The molecule has 3 rings (SSSR count). The summed E-state index contributed by atoms with van der Waals surface area (Å²) >= 11 is 6.27. The Hall–Kier alpha value is -3.17. The van der Waals surface area contributed by atoms with Crippen LogP contribution in [0.15, 0.2) is 47.4 Å². The molecule has 0 radical (unpaired) electrons. The Bertz CT molecular complexity index is 1010. The van der Waals surface area contributed by atoms with E-state index < -0.39 is 23.6 Å². The summed E-state index contributed by atoms with van der Waals surface area (Å²) in [6.45, 7) is 0. The second-order valence-electron chi connectivity index (χ2n) is 5.45. The normalized spacial score (nSPS) is 15.4. The highest BCUT2D eigenvalue weighted by molar-refractivity contribution is 8.27. The number of carbonyl (C=O) groups excluding carboxylic acids is 1. The van der Waals surface area contributed by atoms with E-state index in [1.807, 2.05) is 0 Å². The van der Waals surface area contributed by atoms with Crippen LogP contribution in [0.3, 0.4) is 0 Å². The van der Waals surface area contributed by atoms with Crippen LogP contribution in [0.4, 0.5) is 5.69 Å². The van der Waals surface area contributed by atoms with Gasteiger partial charge in [-0.2, -0.15) is 0 Å². The van der Waals surface area contributed by atoms with Gasteiger partial charge in [-0.3, -0.25) is 9.69 Å². The minimum atomic E-state index is -1.33. The molecule has 1 saturated heterocycles. The minimum Gasteiger partial charge on any atom is -0.507 e. The average Bonchev–Trinajstić information content (AvgIpc) is 2.89. The van der Waals surface area contributed by atoms with E-state index >= 15 is 0 Å². The van der Waals surface area contributed by atoms with E-state index in [-0.39, 0.29) is 21.1 Å². The van der Waals surface area contributed by atoms with Crippen molar-refractivity contribution in [2.45, 2.75) is 0 Å². The van der Waals surface area contributed by atoms with Gasteiger partial charge in [0.2, 0.25) is 0 Å². The molecule has 0 bridgehead atoms. The molecule has 0 aliphatic carbocycles. The van der Waals surface area contributed by atoms with E-state index in [1.54, 1.807) is 18.2 Å². The number of hydrogen-bond acceptors (Lipinski definition) is 6. The summed E-state index contributed by atoms with van der Waals surface area (Å²) < 4.78 is 0.218. The zero-order chi connectivity index (χ0) is 19.7. The molecule has 1 amide bonds. The van der Waals surface area contributed by atoms with Crippen molar-refractivity contribution in [1.82, 2.24) is 0 Å². The van der Waals surface area contributed by atoms with Crippen LogP contribution in [0.1, 0.15) is 26.3 Å². The first-order valence-corrected chi connectivity index (χ1v) is 8.68. The first kappa shape index (κ1) is 18.6. The Morgan fingerprint density at radius 1 is 1.04 bits per heavy atom. The maximum absolute atomic E-state index is 12.7. The van der Waals surface area contributed by atoms with Crippen molar-refractivity contribution < 1.29 is 29.7 Å². The number of hydrogen-bond donors (Lipinski definition) is 3. The van der Waals surface area contributed by atoms with Gasteiger partial charge in [0.15, 0.2) is 4.32 Å². The quantitative estimate of drug-likeness (QED) is 0.528. The number of carboxylic acid groups (broad SMARTS) is 2. The number of thiocarbonyl (C=S) groups is 1. The van der Waals surface area contributed by atoms with Crippen LogP contribution >= 0.6 is 24.0 Å². The summed E-state index contributed by atoms with van der Waals surface area (Å²) in [5.41, 5.74) is 0.648. The van der Waals surface area contributed by atoms with Crippen LogP contribution in [0.2, 0.25) is 0 Å². The third kappa shape index (κ3) is 3.69. The maximum atomic E-state index is 12.7. The number of carboxylic acids is 2. The van der Waals surface area contributed by atoms with E-state index in [4.69, 9.17) is 22.4 Å². The molecule has 2 aromatic rings. The minimum absolute atomic E-state index is 0.130. The van der Waals surface area contributed by atoms with Gasteiger partial charge in [-0.25, -0.2) is 9.59 Å². The lowest BCUT2D eigenvalue weighted by atomic mass is 10.1. The number of carbonyl (C=O) groups is 3. The van der Waals surface area contributed by atoms with Crippen molar-refractivity contribution in [3.05, 3.63) is 64.1 Å². The van der Waals surface area contributed by atoms with Crippen molar-refractivity contribution in [2.75, 3.05) is 4.90 Å². The number of aromatic carboxylic acids is 2. The molecule has 1 fully saturated rings. The molecule has 0 spiro atoms. The first-order valence-electron chi connectivity index (χ1n) is 7.45. The Morgan fingerprint density at radius 2 is 1.70 bits per heavy atom. The molecule has 1 aliphatic heterocycles. The van der Waals surface area contributed by atoms with Crippen molar-refractivity contribution >= 4 is 57.9 Å². The lowest BCUT2D eigenvalue weighted by Gasteiger charge is -2.15. The summed E-state index contributed by atoms with van der Waals surface area (Å²) in [5.74, 6) is -3.22. The Morgan fingerprint density at radius 3 is 2.30 bits per heavy atom. The van der Waals surface area contributed by atoms with Gasteiger partial charge >= 0.3 is 11.9 Å². The van der Waals surface area contributed by atoms with Crippen molar-refractivity contribution in [3.63, 3.8) is 0 Å². The van der Waals surface area contributed by atoms with Crippen LogP contribution in [-0.4, -0.2) is 37.5 Å². The molecule has 9 heteroatoms. The molecule has 2 aromatic carbocycles. The number of rotatable bonds is 4. The standard InChI is InChI=1S/C18H11NO6S2/c20-13-6-5-11(8-12(13)17(24)25)19-15(21)14(27-18(19)26)7-9-1-3-10(4-2-9)16(22)23/h1-8,20H,(H,22,23)(H,24,25)/b14-7-. The molecule has 3 N–H and O–H groups in total. The van der Waals surface area contributed by atoms with E-state index in [2.05, 4.69) is 0 Å². The Balaban J connectivity index is 1.92. The number of amides is 1. The number of aromatic hydroxyl groups is 1. The van der Waals surface area contributed by atoms with Gasteiger partial charge in [-0.15, -0.1) is 0 Å². The molecule has 0 aromatic heterocycles. The van der Waals surface area contributed by atoms with E-state index in [0.717, 1.165) is 11.8 Å². The number of nitrogens with zero attached hydrogens (tertiary/aromatic N) is 1. The van der Waals surface area contributed by atoms with Gasteiger partial charge in [-0.05, 0) is 42.0 Å². The monoisotopic (exact) mass is 401 g/mol. The molecule has 1 aliphatic rings. The van der Waals surface area contributed by atoms with E-state index in [9.17, 15) is 19.5 Å². The topological polar surface area (TPSA) is 115 Å². The number of benzene rings is 2. The molecule has 0 saturated carbocycles.